The third-order valence-electron chi connectivity index (χ3n) is 4.22. The second-order valence-corrected chi connectivity index (χ2v) is 6.75. The fourth-order valence-electron chi connectivity index (χ4n) is 2.68. The number of rotatable bonds is 5. The number of hydrazine groups is 1. The highest BCUT2D eigenvalue weighted by atomic mass is 32.2. The van der Waals surface area contributed by atoms with E-state index in [2.05, 4.69) is 25.9 Å². The van der Waals surface area contributed by atoms with Gasteiger partial charge in [-0.15, -0.1) is 5.10 Å². The third-order valence-corrected chi connectivity index (χ3v) is 4.76. The second kappa shape index (κ2) is 8.26. The summed E-state index contributed by atoms with van der Waals surface area (Å²) in [5.74, 6) is 0.363. The van der Waals surface area contributed by atoms with Gasteiger partial charge in [-0.3, -0.25) is 20.4 Å². The summed E-state index contributed by atoms with van der Waals surface area (Å²) in [6.45, 7) is 3.68. The average molecular weight is 400 g/mol. The molecule has 0 spiro atoms. The molecule has 0 bridgehead atoms. The van der Waals surface area contributed by atoms with Crippen LogP contribution in [0.5, 0.6) is 5.75 Å². The molecule has 146 valence electrons. The maximum atomic E-state index is 12.3. The van der Waals surface area contributed by atoms with E-state index in [-0.39, 0.29) is 12.3 Å². The van der Waals surface area contributed by atoms with Crippen LogP contribution < -0.4 is 15.6 Å². The quantitative estimate of drug-likeness (QED) is 0.493. The smallest absolute Gasteiger partial charge is 0.269 e. The number of aromatic nitrogens is 4. The van der Waals surface area contributed by atoms with E-state index >= 15 is 0 Å². The van der Waals surface area contributed by atoms with Gasteiger partial charge in [-0.2, -0.15) is 4.98 Å². The van der Waals surface area contributed by atoms with Crippen molar-refractivity contribution in [2.45, 2.75) is 25.4 Å². The van der Waals surface area contributed by atoms with Crippen molar-refractivity contribution >= 4 is 29.4 Å². The minimum absolute atomic E-state index is 0.0535. The van der Waals surface area contributed by atoms with E-state index in [0.29, 0.717) is 27.9 Å². The van der Waals surface area contributed by atoms with Crippen molar-refractivity contribution in [2.24, 2.45) is 0 Å². The van der Waals surface area contributed by atoms with Crippen LogP contribution in [0.4, 0.5) is 0 Å². The number of nitrogens with zero attached hydrogens (tertiary/aromatic N) is 4. The molecule has 0 saturated heterocycles. The highest BCUT2D eigenvalue weighted by Crippen LogP contribution is 2.17. The van der Waals surface area contributed by atoms with Crippen molar-refractivity contribution in [1.82, 2.24) is 30.4 Å². The van der Waals surface area contributed by atoms with E-state index in [1.165, 1.54) is 11.8 Å². The summed E-state index contributed by atoms with van der Waals surface area (Å²) < 4.78 is 6.68. The first-order valence-corrected chi connectivity index (χ1v) is 9.65. The van der Waals surface area contributed by atoms with Gasteiger partial charge in [0.25, 0.3) is 11.7 Å². The molecule has 0 radical (unpaired) electrons. The first kappa shape index (κ1) is 19.6. The van der Waals surface area contributed by atoms with Gasteiger partial charge in [0.1, 0.15) is 5.75 Å². The molecule has 2 aromatic heterocycles. The highest BCUT2D eigenvalue weighted by Gasteiger charge is 2.16. The van der Waals surface area contributed by atoms with Gasteiger partial charge in [-0.25, -0.2) is 9.50 Å². The zero-order chi connectivity index (χ0) is 20.3. The number of hydrogen-bond acceptors (Lipinski definition) is 7. The second-order valence-electron chi connectivity index (χ2n) is 5.98. The van der Waals surface area contributed by atoms with E-state index in [4.69, 9.17) is 4.74 Å². The molecule has 2 amide bonds. The Morgan fingerprint density at radius 3 is 2.50 bits per heavy atom. The van der Waals surface area contributed by atoms with E-state index in [0.717, 1.165) is 11.3 Å². The Kier molecular flexibility index (Phi) is 5.78. The highest BCUT2D eigenvalue weighted by molar-refractivity contribution is 7.98. The van der Waals surface area contributed by atoms with E-state index in [9.17, 15) is 9.59 Å². The minimum Gasteiger partial charge on any atom is -0.497 e. The maximum Gasteiger partial charge on any atom is 0.269 e. The zero-order valence-corrected chi connectivity index (χ0v) is 16.8. The van der Waals surface area contributed by atoms with Gasteiger partial charge in [0.2, 0.25) is 11.1 Å². The minimum atomic E-state index is -0.418. The van der Waals surface area contributed by atoms with Crippen LogP contribution in [-0.2, 0) is 11.2 Å². The van der Waals surface area contributed by atoms with Gasteiger partial charge < -0.3 is 4.74 Å². The lowest BCUT2D eigenvalue weighted by Crippen LogP contribution is -2.42. The fourth-order valence-corrected chi connectivity index (χ4v) is 3.01. The number of ether oxygens (including phenoxy) is 1. The topological polar surface area (TPSA) is 111 Å². The number of benzene rings is 1. The van der Waals surface area contributed by atoms with Crippen LogP contribution >= 0.6 is 11.8 Å². The predicted octanol–water partition coefficient (Wildman–Crippen LogP) is 1.48. The first-order valence-electron chi connectivity index (χ1n) is 8.43. The standard InChI is InChI=1S/C18H20N6O3S/c1-10-14(11(2)24-17(19-10)20-18(23-24)28-4)9-15(25)21-22-16(26)12-5-7-13(27-3)8-6-12/h5-8H,9H2,1-4H3,(H,21,25)(H,22,26). The summed E-state index contributed by atoms with van der Waals surface area (Å²) in [4.78, 5) is 33.2. The van der Waals surface area contributed by atoms with Gasteiger partial charge in [-0.05, 0) is 44.4 Å². The molecule has 3 aromatic rings. The van der Waals surface area contributed by atoms with E-state index in [1.54, 1.807) is 35.9 Å². The number of thioether (sulfide) groups is 1. The lowest BCUT2D eigenvalue weighted by atomic mass is 10.1. The Balaban J connectivity index is 1.68. The molecule has 10 heteroatoms. The molecule has 9 nitrogen and oxygen atoms in total. The van der Waals surface area contributed by atoms with Crippen molar-refractivity contribution < 1.29 is 14.3 Å². The Hall–Kier alpha value is -3.14. The van der Waals surface area contributed by atoms with Crippen LogP contribution in [0.1, 0.15) is 27.3 Å². The Bertz CT molecular complexity index is 1030. The molecule has 0 aliphatic heterocycles. The molecule has 0 aliphatic rings. The zero-order valence-electron chi connectivity index (χ0n) is 15.9. The summed E-state index contributed by atoms with van der Waals surface area (Å²) in [6.07, 6.45) is 1.94. The summed E-state index contributed by atoms with van der Waals surface area (Å²) in [6, 6.07) is 6.57. The average Bonchev–Trinajstić information content (AvgIpc) is 3.12. The predicted molar refractivity (Wildman–Crippen MR) is 104 cm³/mol. The van der Waals surface area contributed by atoms with Crippen LogP contribution in [-0.4, -0.2) is 44.8 Å². The van der Waals surface area contributed by atoms with Gasteiger partial charge in [0.15, 0.2) is 0 Å². The number of aryl methyl sites for hydroxylation is 2. The van der Waals surface area contributed by atoms with Crippen LogP contribution in [0.2, 0.25) is 0 Å². The monoisotopic (exact) mass is 400 g/mol. The number of methoxy groups -OCH3 is 1. The van der Waals surface area contributed by atoms with Crippen LogP contribution in [0.25, 0.3) is 5.78 Å². The number of carbonyl (C=O) groups excluding carboxylic acids is 2. The summed E-state index contributed by atoms with van der Waals surface area (Å²) in [7, 11) is 1.55. The molecule has 0 unspecified atom stereocenters. The molecule has 0 atom stereocenters. The van der Waals surface area contributed by atoms with Gasteiger partial charge in [0.05, 0.1) is 13.5 Å². The lowest BCUT2D eigenvalue weighted by molar-refractivity contribution is -0.121. The fraction of sp³-hybridized carbons (Fsp3) is 0.278. The molecule has 28 heavy (non-hydrogen) atoms. The molecule has 3 rings (SSSR count). The van der Waals surface area contributed by atoms with Crippen LogP contribution in [0, 0.1) is 13.8 Å². The summed E-state index contributed by atoms with van der Waals surface area (Å²) in [5.41, 5.74) is 7.46. The largest absolute Gasteiger partial charge is 0.497 e. The number of fused-ring (bicyclic) bond motifs is 1. The number of hydrogen-bond donors (Lipinski definition) is 2. The molecular formula is C18H20N6O3S. The maximum absolute atomic E-state index is 12.3. The normalized spacial score (nSPS) is 10.7. The molecule has 0 fully saturated rings. The van der Waals surface area contributed by atoms with Crippen molar-refractivity contribution in [3.63, 3.8) is 0 Å². The van der Waals surface area contributed by atoms with Gasteiger partial charge >= 0.3 is 0 Å². The molecule has 1 aromatic carbocycles. The van der Waals surface area contributed by atoms with E-state index < -0.39 is 5.91 Å². The summed E-state index contributed by atoms with van der Waals surface area (Å²) >= 11 is 1.42. The van der Waals surface area contributed by atoms with Crippen LogP contribution in [0.3, 0.4) is 0 Å². The van der Waals surface area contributed by atoms with Crippen molar-refractivity contribution in [2.75, 3.05) is 13.4 Å². The number of nitrogens with one attached hydrogen (secondary N) is 2. The van der Waals surface area contributed by atoms with Crippen molar-refractivity contribution in [1.29, 1.82) is 0 Å². The number of amides is 2. The van der Waals surface area contributed by atoms with E-state index in [1.807, 2.05) is 20.1 Å². The Labute approximate surface area is 165 Å². The first-order chi connectivity index (χ1) is 13.4. The van der Waals surface area contributed by atoms with Gasteiger partial charge in [0, 0.05) is 22.5 Å². The lowest BCUT2D eigenvalue weighted by Gasteiger charge is -2.11. The Morgan fingerprint density at radius 2 is 1.86 bits per heavy atom. The van der Waals surface area contributed by atoms with Crippen molar-refractivity contribution in [3.8, 4) is 5.75 Å². The molecule has 0 saturated carbocycles. The van der Waals surface area contributed by atoms with Crippen molar-refractivity contribution in [3.05, 3.63) is 46.8 Å². The Morgan fingerprint density at radius 1 is 1.14 bits per heavy atom. The summed E-state index contributed by atoms with van der Waals surface area (Å²) in [5, 5.41) is 4.98. The van der Waals surface area contributed by atoms with Crippen LogP contribution in [0.15, 0.2) is 29.4 Å². The SMILES string of the molecule is COc1ccc(C(=O)NNC(=O)Cc2c(C)nc3nc(SC)nn3c2C)cc1. The third kappa shape index (κ3) is 4.06. The van der Waals surface area contributed by atoms with Gasteiger partial charge in [-0.1, -0.05) is 11.8 Å². The number of carbonyl (C=O) groups is 2. The molecular weight excluding hydrogens is 380 g/mol. The molecule has 2 N–H and O–H groups in total. The molecule has 0 aliphatic carbocycles. The molecule has 2 heterocycles.